The minimum absolute atomic E-state index is 0.155. The Bertz CT molecular complexity index is 783. The van der Waals surface area contributed by atoms with Gasteiger partial charge in [0.05, 0.1) is 5.69 Å². The van der Waals surface area contributed by atoms with Gasteiger partial charge in [-0.1, -0.05) is 30.3 Å². The number of piperidine rings is 1. The molecule has 6 nitrogen and oxygen atoms in total. The molecule has 6 heteroatoms. The number of anilines is 1. The molecule has 152 valence electrons. The Balaban J connectivity index is 1.63. The van der Waals surface area contributed by atoms with E-state index in [0.29, 0.717) is 0 Å². The molecule has 1 aromatic carbocycles. The van der Waals surface area contributed by atoms with Gasteiger partial charge in [0.1, 0.15) is 5.82 Å². The van der Waals surface area contributed by atoms with Crippen LogP contribution < -0.4 is 10.6 Å². The Labute approximate surface area is 168 Å². The SMILES string of the molecule is CC(C)n1nc(-c2ccccc2)cc1NC(=O)NC1CCN(C(C)(C)C)CC1. The largest absolute Gasteiger partial charge is 0.335 e. The van der Waals surface area contributed by atoms with Gasteiger partial charge in [0, 0.05) is 42.3 Å². The van der Waals surface area contributed by atoms with Gasteiger partial charge in [-0.15, -0.1) is 0 Å². The molecule has 2 heterocycles. The van der Waals surface area contributed by atoms with Gasteiger partial charge in [-0.05, 0) is 47.5 Å². The van der Waals surface area contributed by atoms with Crippen LogP contribution >= 0.6 is 0 Å². The number of benzene rings is 1. The van der Waals surface area contributed by atoms with Gasteiger partial charge >= 0.3 is 6.03 Å². The Morgan fingerprint density at radius 2 is 1.79 bits per heavy atom. The molecule has 0 bridgehead atoms. The molecule has 0 unspecified atom stereocenters. The minimum Gasteiger partial charge on any atom is -0.335 e. The van der Waals surface area contributed by atoms with Crippen LogP contribution in [-0.2, 0) is 0 Å². The maximum atomic E-state index is 12.6. The quantitative estimate of drug-likeness (QED) is 0.816. The van der Waals surface area contributed by atoms with Crippen molar-refractivity contribution in [1.82, 2.24) is 20.0 Å². The van der Waals surface area contributed by atoms with Crippen molar-refractivity contribution in [2.75, 3.05) is 18.4 Å². The van der Waals surface area contributed by atoms with E-state index >= 15 is 0 Å². The van der Waals surface area contributed by atoms with Crippen molar-refractivity contribution in [1.29, 1.82) is 0 Å². The molecule has 1 fully saturated rings. The molecule has 2 amide bonds. The zero-order valence-corrected chi connectivity index (χ0v) is 17.7. The van der Waals surface area contributed by atoms with Crippen LogP contribution in [-0.4, -0.2) is 45.4 Å². The molecule has 2 aromatic rings. The highest BCUT2D eigenvalue weighted by Crippen LogP contribution is 2.25. The number of hydrogen-bond donors (Lipinski definition) is 2. The van der Waals surface area contributed by atoms with E-state index in [0.717, 1.165) is 43.0 Å². The van der Waals surface area contributed by atoms with Crippen LogP contribution in [0, 0.1) is 0 Å². The van der Waals surface area contributed by atoms with E-state index < -0.39 is 0 Å². The lowest BCUT2D eigenvalue weighted by molar-refractivity contribution is 0.0983. The third-order valence-electron chi connectivity index (χ3n) is 5.31. The van der Waals surface area contributed by atoms with Crippen molar-refractivity contribution in [2.45, 2.75) is 65.1 Å². The number of aromatic nitrogens is 2. The summed E-state index contributed by atoms with van der Waals surface area (Å²) in [5.41, 5.74) is 2.09. The second-order valence-electron chi connectivity index (χ2n) is 8.85. The van der Waals surface area contributed by atoms with Crippen LogP contribution in [0.1, 0.15) is 53.5 Å². The Morgan fingerprint density at radius 3 is 2.36 bits per heavy atom. The number of nitrogens with one attached hydrogen (secondary N) is 2. The summed E-state index contributed by atoms with van der Waals surface area (Å²) >= 11 is 0. The number of rotatable bonds is 4. The first-order valence-corrected chi connectivity index (χ1v) is 10.2. The molecule has 28 heavy (non-hydrogen) atoms. The average Bonchev–Trinajstić information content (AvgIpc) is 3.06. The average molecular weight is 384 g/mol. The van der Waals surface area contributed by atoms with Gasteiger partial charge in [-0.3, -0.25) is 10.2 Å². The molecule has 0 atom stereocenters. The van der Waals surface area contributed by atoms with Gasteiger partial charge < -0.3 is 5.32 Å². The molecule has 1 aliphatic heterocycles. The monoisotopic (exact) mass is 383 g/mol. The fourth-order valence-corrected chi connectivity index (χ4v) is 3.66. The fourth-order valence-electron chi connectivity index (χ4n) is 3.66. The number of hydrogen-bond acceptors (Lipinski definition) is 3. The molecular formula is C22H33N5O. The lowest BCUT2D eigenvalue weighted by Crippen LogP contribution is -2.51. The Hall–Kier alpha value is -2.34. The van der Waals surface area contributed by atoms with E-state index in [9.17, 15) is 4.79 Å². The van der Waals surface area contributed by atoms with Crippen molar-refractivity contribution in [3.05, 3.63) is 36.4 Å². The molecule has 0 radical (unpaired) electrons. The lowest BCUT2D eigenvalue weighted by Gasteiger charge is -2.40. The molecule has 1 aliphatic rings. The van der Waals surface area contributed by atoms with E-state index in [1.54, 1.807) is 0 Å². The smallest absolute Gasteiger partial charge is 0.320 e. The van der Waals surface area contributed by atoms with Crippen molar-refractivity contribution < 1.29 is 4.79 Å². The molecular weight excluding hydrogens is 350 g/mol. The van der Waals surface area contributed by atoms with Crippen molar-refractivity contribution in [2.24, 2.45) is 0 Å². The molecule has 2 N–H and O–H groups in total. The summed E-state index contributed by atoms with van der Waals surface area (Å²) in [6.07, 6.45) is 1.95. The van der Waals surface area contributed by atoms with Gasteiger partial charge in [0.15, 0.2) is 0 Å². The number of urea groups is 1. The lowest BCUT2D eigenvalue weighted by atomic mass is 9.98. The third kappa shape index (κ3) is 4.93. The summed E-state index contributed by atoms with van der Waals surface area (Å²) in [5, 5.41) is 10.8. The van der Waals surface area contributed by atoms with E-state index in [1.807, 2.05) is 41.1 Å². The summed E-state index contributed by atoms with van der Waals surface area (Å²) < 4.78 is 1.87. The van der Waals surface area contributed by atoms with Crippen LogP contribution in [0.4, 0.5) is 10.6 Å². The first-order chi connectivity index (χ1) is 13.2. The second-order valence-corrected chi connectivity index (χ2v) is 8.85. The van der Waals surface area contributed by atoms with Crippen LogP contribution in [0.5, 0.6) is 0 Å². The Morgan fingerprint density at radius 1 is 1.14 bits per heavy atom. The maximum Gasteiger partial charge on any atom is 0.320 e. The topological polar surface area (TPSA) is 62.2 Å². The molecule has 0 saturated carbocycles. The number of amides is 2. The number of carbonyl (C=O) groups is 1. The summed E-state index contributed by atoms with van der Waals surface area (Å²) in [6.45, 7) is 12.9. The fraction of sp³-hybridized carbons (Fsp3) is 0.545. The van der Waals surface area contributed by atoms with Gasteiger partial charge in [0.2, 0.25) is 0 Å². The summed E-state index contributed by atoms with van der Waals surface area (Å²) in [7, 11) is 0. The van der Waals surface area contributed by atoms with Crippen molar-refractivity contribution >= 4 is 11.8 Å². The minimum atomic E-state index is -0.157. The van der Waals surface area contributed by atoms with Crippen LogP contribution in [0.25, 0.3) is 11.3 Å². The Kier molecular flexibility index (Phi) is 6.08. The summed E-state index contributed by atoms with van der Waals surface area (Å²) in [4.78, 5) is 15.1. The number of carbonyl (C=O) groups excluding carboxylic acids is 1. The number of nitrogens with zero attached hydrogens (tertiary/aromatic N) is 3. The van der Waals surface area contributed by atoms with E-state index in [4.69, 9.17) is 0 Å². The molecule has 1 aromatic heterocycles. The van der Waals surface area contributed by atoms with Crippen LogP contribution in [0.3, 0.4) is 0 Å². The first-order valence-electron chi connectivity index (χ1n) is 10.2. The standard InChI is InChI=1S/C22H33N5O/c1-16(2)27-20(15-19(25-27)17-9-7-6-8-10-17)24-21(28)23-18-11-13-26(14-12-18)22(3,4)5/h6-10,15-16,18H,11-14H2,1-5H3,(H2,23,24,28). The van der Waals surface area contributed by atoms with Crippen molar-refractivity contribution in [3.8, 4) is 11.3 Å². The second kappa shape index (κ2) is 8.35. The zero-order chi connectivity index (χ0) is 20.3. The third-order valence-corrected chi connectivity index (χ3v) is 5.31. The van der Waals surface area contributed by atoms with E-state index in [-0.39, 0.29) is 23.7 Å². The first kappa shape index (κ1) is 20.4. The van der Waals surface area contributed by atoms with Gasteiger partial charge in [-0.2, -0.15) is 5.10 Å². The maximum absolute atomic E-state index is 12.6. The molecule has 0 spiro atoms. The highest BCUT2D eigenvalue weighted by Gasteiger charge is 2.27. The number of likely N-dealkylation sites (tertiary alicyclic amines) is 1. The van der Waals surface area contributed by atoms with Crippen LogP contribution in [0.2, 0.25) is 0 Å². The van der Waals surface area contributed by atoms with Crippen LogP contribution in [0.15, 0.2) is 36.4 Å². The summed E-state index contributed by atoms with van der Waals surface area (Å²) in [5.74, 6) is 0.721. The highest BCUT2D eigenvalue weighted by atomic mass is 16.2. The molecule has 1 saturated heterocycles. The van der Waals surface area contributed by atoms with Gasteiger partial charge in [-0.25, -0.2) is 9.48 Å². The normalized spacial score (nSPS) is 16.4. The van der Waals surface area contributed by atoms with E-state index in [1.165, 1.54) is 0 Å². The van der Waals surface area contributed by atoms with E-state index in [2.05, 4.69) is 55.3 Å². The highest BCUT2D eigenvalue weighted by molar-refractivity contribution is 5.89. The predicted molar refractivity (Wildman–Crippen MR) is 115 cm³/mol. The predicted octanol–water partition coefficient (Wildman–Crippen LogP) is 4.52. The summed E-state index contributed by atoms with van der Waals surface area (Å²) in [6, 6.07) is 12.2. The van der Waals surface area contributed by atoms with Gasteiger partial charge in [0.25, 0.3) is 0 Å². The molecule has 0 aliphatic carbocycles. The van der Waals surface area contributed by atoms with Crippen molar-refractivity contribution in [3.63, 3.8) is 0 Å². The molecule has 3 rings (SSSR count). The zero-order valence-electron chi connectivity index (χ0n) is 17.7.